The van der Waals surface area contributed by atoms with Crippen LogP contribution < -0.4 is 10.5 Å². The van der Waals surface area contributed by atoms with E-state index in [9.17, 15) is 4.79 Å². The van der Waals surface area contributed by atoms with Gasteiger partial charge in [0.15, 0.2) is 0 Å². The van der Waals surface area contributed by atoms with Crippen LogP contribution in [0.4, 0.5) is 0 Å². The summed E-state index contributed by atoms with van der Waals surface area (Å²) in [5.74, 6) is 5.90. The second-order valence-electron chi connectivity index (χ2n) is 3.69. The molecule has 0 aromatic heterocycles. The predicted molar refractivity (Wildman–Crippen MR) is 69.1 cm³/mol. The predicted octanol–water partition coefficient (Wildman–Crippen LogP) is 1.13. The molecule has 18 heavy (non-hydrogen) atoms. The van der Waals surface area contributed by atoms with Gasteiger partial charge >= 0.3 is 5.97 Å². The zero-order chi connectivity index (χ0) is 13.4. The molecule has 2 N–H and O–H groups in total. The molecular formula is C14H17NO3. The van der Waals surface area contributed by atoms with Crippen molar-refractivity contribution in [2.24, 2.45) is 5.73 Å². The van der Waals surface area contributed by atoms with Gasteiger partial charge < -0.3 is 15.2 Å². The van der Waals surface area contributed by atoms with E-state index in [4.69, 9.17) is 10.5 Å². The summed E-state index contributed by atoms with van der Waals surface area (Å²) in [7, 11) is 1.33. The van der Waals surface area contributed by atoms with Gasteiger partial charge in [-0.2, -0.15) is 0 Å². The summed E-state index contributed by atoms with van der Waals surface area (Å²) >= 11 is 0. The van der Waals surface area contributed by atoms with E-state index >= 15 is 0 Å². The molecule has 4 heteroatoms. The Bertz CT molecular complexity index is 442. The molecule has 1 rings (SSSR count). The third kappa shape index (κ3) is 4.48. The molecule has 0 radical (unpaired) electrons. The van der Waals surface area contributed by atoms with Crippen LogP contribution in [0.5, 0.6) is 5.75 Å². The SMILES string of the molecule is CC#CCOc1ccc(CC(N)C(=O)OC)cc1. The summed E-state index contributed by atoms with van der Waals surface area (Å²) in [5.41, 5.74) is 6.63. The Balaban J connectivity index is 2.53. The van der Waals surface area contributed by atoms with Crippen LogP contribution in [0.25, 0.3) is 0 Å². The minimum Gasteiger partial charge on any atom is -0.481 e. The highest BCUT2D eigenvalue weighted by atomic mass is 16.5. The van der Waals surface area contributed by atoms with Crippen molar-refractivity contribution >= 4 is 5.97 Å². The highest BCUT2D eigenvalue weighted by Gasteiger charge is 2.13. The van der Waals surface area contributed by atoms with Crippen LogP contribution in [0.1, 0.15) is 12.5 Å². The monoisotopic (exact) mass is 247 g/mol. The van der Waals surface area contributed by atoms with Crippen LogP contribution in [0.3, 0.4) is 0 Å². The van der Waals surface area contributed by atoms with E-state index < -0.39 is 12.0 Å². The maximum absolute atomic E-state index is 11.2. The van der Waals surface area contributed by atoms with Crippen LogP contribution >= 0.6 is 0 Å². The normalized spacial score (nSPS) is 11.1. The van der Waals surface area contributed by atoms with Crippen molar-refractivity contribution in [1.82, 2.24) is 0 Å². The maximum Gasteiger partial charge on any atom is 0.322 e. The quantitative estimate of drug-likeness (QED) is 0.626. The summed E-state index contributed by atoms with van der Waals surface area (Å²) < 4.78 is 9.95. The lowest BCUT2D eigenvalue weighted by Crippen LogP contribution is -2.33. The molecule has 0 spiro atoms. The number of ether oxygens (including phenoxy) is 2. The van der Waals surface area contributed by atoms with E-state index in [0.717, 1.165) is 11.3 Å². The maximum atomic E-state index is 11.2. The first-order valence-corrected chi connectivity index (χ1v) is 5.62. The smallest absolute Gasteiger partial charge is 0.322 e. The Morgan fingerprint density at radius 3 is 2.61 bits per heavy atom. The molecule has 0 fully saturated rings. The molecule has 1 atom stereocenters. The van der Waals surface area contributed by atoms with Gasteiger partial charge in [0.05, 0.1) is 7.11 Å². The molecule has 0 amide bonds. The second kappa shape index (κ2) is 7.36. The van der Waals surface area contributed by atoms with Gasteiger partial charge in [0, 0.05) is 0 Å². The lowest BCUT2D eigenvalue weighted by Gasteiger charge is -2.09. The zero-order valence-corrected chi connectivity index (χ0v) is 10.6. The highest BCUT2D eigenvalue weighted by molar-refractivity contribution is 5.75. The van der Waals surface area contributed by atoms with Gasteiger partial charge in [-0.05, 0) is 31.0 Å². The van der Waals surface area contributed by atoms with E-state index in [1.165, 1.54) is 7.11 Å². The van der Waals surface area contributed by atoms with Crippen LogP contribution in [-0.4, -0.2) is 25.7 Å². The number of esters is 1. The fraction of sp³-hybridized carbons (Fsp3) is 0.357. The van der Waals surface area contributed by atoms with Gasteiger partial charge in [0.25, 0.3) is 0 Å². The van der Waals surface area contributed by atoms with E-state index in [0.29, 0.717) is 13.0 Å². The Labute approximate surface area is 107 Å². The van der Waals surface area contributed by atoms with Crippen molar-refractivity contribution in [3.05, 3.63) is 29.8 Å². The van der Waals surface area contributed by atoms with Crippen LogP contribution in [0, 0.1) is 11.8 Å². The molecule has 1 aromatic carbocycles. The van der Waals surface area contributed by atoms with E-state index in [1.54, 1.807) is 6.92 Å². The molecule has 1 aromatic rings. The van der Waals surface area contributed by atoms with Crippen molar-refractivity contribution in [3.8, 4) is 17.6 Å². The van der Waals surface area contributed by atoms with E-state index in [-0.39, 0.29) is 0 Å². The first-order chi connectivity index (χ1) is 8.67. The van der Waals surface area contributed by atoms with Crippen LogP contribution in [0.15, 0.2) is 24.3 Å². The molecule has 4 nitrogen and oxygen atoms in total. The number of rotatable bonds is 5. The number of benzene rings is 1. The minimum absolute atomic E-state index is 0.373. The molecule has 0 aliphatic heterocycles. The summed E-state index contributed by atoms with van der Waals surface area (Å²) in [4.78, 5) is 11.2. The molecular weight excluding hydrogens is 230 g/mol. The molecule has 0 saturated carbocycles. The molecule has 0 bridgehead atoms. The van der Waals surface area contributed by atoms with Gasteiger partial charge in [-0.1, -0.05) is 18.1 Å². The molecule has 0 aliphatic carbocycles. The summed E-state index contributed by atoms with van der Waals surface area (Å²) in [6, 6.07) is 6.77. The lowest BCUT2D eigenvalue weighted by atomic mass is 10.1. The summed E-state index contributed by atoms with van der Waals surface area (Å²) in [5, 5.41) is 0. The van der Waals surface area contributed by atoms with E-state index in [1.807, 2.05) is 24.3 Å². The standard InChI is InChI=1S/C14H17NO3/c1-3-4-9-18-12-7-5-11(6-8-12)10-13(15)14(16)17-2/h5-8,13H,9-10,15H2,1-2H3. The third-order valence-electron chi connectivity index (χ3n) is 2.37. The number of methoxy groups -OCH3 is 1. The number of nitrogens with two attached hydrogens (primary N) is 1. The highest BCUT2D eigenvalue weighted by Crippen LogP contribution is 2.13. The molecule has 0 aliphatic rings. The van der Waals surface area contributed by atoms with E-state index in [2.05, 4.69) is 16.6 Å². The molecule has 96 valence electrons. The van der Waals surface area contributed by atoms with Gasteiger partial charge in [0.2, 0.25) is 0 Å². The molecule has 1 unspecified atom stereocenters. The third-order valence-corrected chi connectivity index (χ3v) is 2.37. The van der Waals surface area contributed by atoms with Crippen LogP contribution in [0.2, 0.25) is 0 Å². The Morgan fingerprint density at radius 2 is 2.06 bits per heavy atom. The Morgan fingerprint density at radius 1 is 1.39 bits per heavy atom. The lowest BCUT2D eigenvalue weighted by molar-refractivity contribution is -0.142. The van der Waals surface area contributed by atoms with Crippen molar-refractivity contribution in [1.29, 1.82) is 0 Å². The average molecular weight is 247 g/mol. The Kier molecular flexibility index (Phi) is 5.75. The van der Waals surface area contributed by atoms with Gasteiger partial charge in [-0.3, -0.25) is 4.79 Å². The number of carbonyl (C=O) groups is 1. The van der Waals surface area contributed by atoms with Crippen molar-refractivity contribution in [3.63, 3.8) is 0 Å². The zero-order valence-electron chi connectivity index (χ0n) is 10.6. The topological polar surface area (TPSA) is 61.5 Å². The summed E-state index contributed by atoms with van der Waals surface area (Å²) in [6.07, 6.45) is 0.446. The number of hydrogen-bond acceptors (Lipinski definition) is 4. The summed E-state index contributed by atoms with van der Waals surface area (Å²) in [6.45, 7) is 2.14. The van der Waals surface area contributed by atoms with Gasteiger partial charge in [0.1, 0.15) is 18.4 Å². The molecule has 0 heterocycles. The van der Waals surface area contributed by atoms with Gasteiger partial charge in [-0.25, -0.2) is 0 Å². The van der Waals surface area contributed by atoms with Crippen LogP contribution in [-0.2, 0) is 16.0 Å². The fourth-order valence-electron chi connectivity index (χ4n) is 1.40. The average Bonchev–Trinajstić information content (AvgIpc) is 2.40. The largest absolute Gasteiger partial charge is 0.481 e. The minimum atomic E-state index is -0.632. The first kappa shape index (κ1) is 14.1. The first-order valence-electron chi connectivity index (χ1n) is 5.62. The van der Waals surface area contributed by atoms with Gasteiger partial charge in [-0.15, -0.1) is 5.92 Å². The Hall–Kier alpha value is -1.99. The van der Waals surface area contributed by atoms with Crippen molar-refractivity contribution in [2.45, 2.75) is 19.4 Å². The fourth-order valence-corrected chi connectivity index (χ4v) is 1.40. The molecule has 0 saturated heterocycles. The van der Waals surface area contributed by atoms with Crippen molar-refractivity contribution in [2.75, 3.05) is 13.7 Å². The van der Waals surface area contributed by atoms with Crippen molar-refractivity contribution < 1.29 is 14.3 Å². The second-order valence-corrected chi connectivity index (χ2v) is 3.69. The number of hydrogen-bond donors (Lipinski definition) is 1. The number of carbonyl (C=O) groups excluding carboxylic acids is 1.